The number of benzene rings is 1. The predicted molar refractivity (Wildman–Crippen MR) is 113 cm³/mol. The Kier molecular flexibility index (Phi) is 5.35. The minimum Gasteiger partial charge on any atom is -0.480 e. The summed E-state index contributed by atoms with van der Waals surface area (Å²) in [5.74, 6) is -2.10. The number of halogens is 2. The van der Waals surface area contributed by atoms with Gasteiger partial charge in [0.2, 0.25) is 5.88 Å². The Balaban J connectivity index is 1.79. The zero-order valence-electron chi connectivity index (χ0n) is 16.8. The van der Waals surface area contributed by atoms with Gasteiger partial charge in [0.15, 0.2) is 0 Å². The Hall–Kier alpha value is -3.86. The van der Waals surface area contributed by atoms with Crippen LogP contribution in [0.4, 0.5) is 14.5 Å². The molecule has 4 rings (SSSR count). The first-order valence-corrected chi connectivity index (χ1v) is 10.7. The molecule has 0 atom stereocenters. The van der Waals surface area contributed by atoms with E-state index in [4.69, 9.17) is 4.74 Å². The number of sulfonamides is 1. The molecule has 0 aliphatic heterocycles. The van der Waals surface area contributed by atoms with Gasteiger partial charge < -0.3 is 4.74 Å². The molecule has 4 aromatic rings. The molecule has 3 heterocycles. The van der Waals surface area contributed by atoms with Gasteiger partial charge >= 0.3 is 0 Å². The van der Waals surface area contributed by atoms with Crippen LogP contribution in [0.1, 0.15) is 5.69 Å². The van der Waals surface area contributed by atoms with E-state index in [1.54, 1.807) is 19.1 Å². The van der Waals surface area contributed by atoms with Crippen molar-refractivity contribution in [1.29, 1.82) is 0 Å². The Labute approximate surface area is 181 Å². The number of fused-ring (bicyclic) bond motifs is 1. The summed E-state index contributed by atoms with van der Waals surface area (Å²) in [6.45, 7) is 1.71. The summed E-state index contributed by atoms with van der Waals surface area (Å²) >= 11 is 0. The van der Waals surface area contributed by atoms with Crippen LogP contribution >= 0.6 is 0 Å². The van der Waals surface area contributed by atoms with Gasteiger partial charge in [-0.05, 0) is 43.3 Å². The maximum Gasteiger partial charge on any atom is 0.265 e. The van der Waals surface area contributed by atoms with E-state index < -0.39 is 26.6 Å². The van der Waals surface area contributed by atoms with Gasteiger partial charge in [-0.15, -0.1) is 0 Å². The van der Waals surface area contributed by atoms with Crippen molar-refractivity contribution in [3.05, 3.63) is 82.5 Å². The zero-order chi connectivity index (χ0) is 23.0. The quantitative estimate of drug-likeness (QED) is 0.493. The van der Waals surface area contributed by atoms with Gasteiger partial charge in [-0.1, -0.05) is 0 Å². The lowest BCUT2D eigenvalue weighted by atomic mass is 10.1. The van der Waals surface area contributed by atoms with Gasteiger partial charge in [0, 0.05) is 35.3 Å². The zero-order valence-corrected chi connectivity index (χ0v) is 17.7. The van der Waals surface area contributed by atoms with Crippen LogP contribution in [0.3, 0.4) is 0 Å². The highest BCUT2D eigenvalue weighted by molar-refractivity contribution is 7.92. The molecule has 0 bridgehead atoms. The fraction of sp³-hybridized carbons (Fsp3) is 0.0952. The summed E-state index contributed by atoms with van der Waals surface area (Å²) < 4.78 is 61.6. The number of anilines is 1. The average Bonchev–Trinajstić information content (AvgIpc) is 2.74. The van der Waals surface area contributed by atoms with Crippen molar-refractivity contribution < 1.29 is 21.9 Å². The number of hydrogen-bond acceptors (Lipinski definition) is 6. The third-order valence-corrected chi connectivity index (χ3v) is 5.97. The first-order chi connectivity index (χ1) is 15.2. The molecule has 0 unspecified atom stereocenters. The van der Waals surface area contributed by atoms with E-state index in [2.05, 4.69) is 14.7 Å². The second-order valence-electron chi connectivity index (χ2n) is 6.84. The Morgan fingerprint density at radius 2 is 1.84 bits per heavy atom. The van der Waals surface area contributed by atoms with Crippen LogP contribution in [0.5, 0.6) is 5.88 Å². The van der Waals surface area contributed by atoms with Crippen LogP contribution in [0.15, 0.2) is 64.5 Å². The molecule has 0 aliphatic carbocycles. The summed E-state index contributed by atoms with van der Waals surface area (Å²) in [4.78, 5) is 19.8. The lowest BCUT2D eigenvalue weighted by Crippen LogP contribution is -2.16. The van der Waals surface area contributed by atoms with E-state index in [0.717, 1.165) is 12.1 Å². The normalized spacial score (nSPS) is 11.5. The molecule has 3 aromatic heterocycles. The molecule has 0 radical (unpaired) electrons. The molecule has 1 N–H and O–H groups in total. The van der Waals surface area contributed by atoms with Crippen LogP contribution in [0, 0.1) is 18.6 Å². The molecule has 11 heteroatoms. The maximum absolute atomic E-state index is 14.0. The van der Waals surface area contributed by atoms with Crippen LogP contribution in [-0.4, -0.2) is 29.9 Å². The third kappa shape index (κ3) is 4.02. The van der Waals surface area contributed by atoms with E-state index in [9.17, 15) is 22.0 Å². The summed E-state index contributed by atoms with van der Waals surface area (Å²) in [5, 5.41) is 0. The highest BCUT2D eigenvalue weighted by atomic mass is 32.2. The highest BCUT2D eigenvalue weighted by Crippen LogP contribution is 2.30. The fourth-order valence-corrected chi connectivity index (χ4v) is 4.26. The van der Waals surface area contributed by atoms with E-state index in [1.807, 2.05) is 0 Å². The van der Waals surface area contributed by atoms with Crippen molar-refractivity contribution in [3.8, 4) is 17.0 Å². The van der Waals surface area contributed by atoms with E-state index in [1.165, 1.54) is 36.0 Å². The van der Waals surface area contributed by atoms with Crippen molar-refractivity contribution in [2.75, 3.05) is 11.8 Å². The van der Waals surface area contributed by atoms with E-state index >= 15 is 0 Å². The Morgan fingerprint density at radius 3 is 2.59 bits per heavy atom. The fourth-order valence-electron chi connectivity index (χ4n) is 3.12. The predicted octanol–water partition coefficient (Wildman–Crippen LogP) is 3.15. The SMILES string of the molecule is COc1ncc(-c2ccc3nc(C)cc(=O)n3c2)cc1NS(=O)(=O)c1cc(F)ccc1F. The first kappa shape index (κ1) is 21.4. The molecule has 0 saturated carbocycles. The van der Waals surface area contributed by atoms with Gasteiger partial charge in [-0.2, -0.15) is 0 Å². The third-order valence-electron chi connectivity index (χ3n) is 4.59. The van der Waals surface area contributed by atoms with Crippen LogP contribution < -0.4 is 15.0 Å². The molecule has 0 spiro atoms. The second-order valence-corrected chi connectivity index (χ2v) is 8.49. The van der Waals surface area contributed by atoms with E-state index in [0.29, 0.717) is 28.5 Å². The molecule has 1 aromatic carbocycles. The summed E-state index contributed by atoms with van der Waals surface area (Å²) in [6, 6.07) is 8.24. The largest absolute Gasteiger partial charge is 0.480 e. The number of pyridine rings is 2. The smallest absolute Gasteiger partial charge is 0.265 e. The molecular formula is C21H16F2N4O4S. The van der Waals surface area contributed by atoms with Crippen LogP contribution in [0.2, 0.25) is 0 Å². The molecule has 8 nitrogen and oxygen atoms in total. The van der Waals surface area contributed by atoms with Crippen molar-refractivity contribution in [3.63, 3.8) is 0 Å². The van der Waals surface area contributed by atoms with Crippen molar-refractivity contribution in [2.45, 2.75) is 11.8 Å². The van der Waals surface area contributed by atoms with Gasteiger partial charge in [0.05, 0.1) is 7.11 Å². The monoisotopic (exact) mass is 458 g/mol. The number of hydrogen-bond donors (Lipinski definition) is 1. The summed E-state index contributed by atoms with van der Waals surface area (Å²) in [5.41, 5.74) is 1.63. The standard InChI is InChI=1S/C21H16F2N4O4S/c1-12-7-20(28)27-11-13(3-6-19(27)25-12)14-8-17(21(31-2)24-10-14)26-32(29,30)18-9-15(22)4-5-16(18)23/h3-11,26H,1-2H3. The molecule has 164 valence electrons. The maximum atomic E-state index is 14.0. The van der Waals surface area contributed by atoms with Gasteiger partial charge in [0.25, 0.3) is 15.6 Å². The lowest BCUT2D eigenvalue weighted by molar-refractivity contribution is 0.400. The first-order valence-electron chi connectivity index (χ1n) is 9.20. The highest BCUT2D eigenvalue weighted by Gasteiger charge is 2.22. The molecule has 32 heavy (non-hydrogen) atoms. The van der Waals surface area contributed by atoms with Crippen molar-refractivity contribution in [2.24, 2.45) is 0 Å². The van der Waals surface area contributed by atoms with Gasteiger partial charge in [-0.3, -0.25) is 13.9 Å². The molecule has 0 aliphatic rings. The minimum absolute atomic E-state index is 0.0793. The van der Waals surface area contributed by atoms with Crippen molar-refractivity contribution in [1.82, 2.24) is 14.4 Å². The summed E-state index contributed by atoms with van der Waals surface area (Å²) in [7, 11) is -3.21. The van der Waals surface area contributed by atoms with E-state index in [-0.39, 0.29) is 17.1 Å². The van der Waals surface area contributed by atoms with Gasteiger partial charge in [0.1, 0.15) is 27.9 Å². The minimum atomic E-state index is -4.49. The summed E-state index contributed by atoms with van der Waals surface area (Å²) in [6.07, 6.45) is 2.96. The molecule has 0 fully saturated rings. The number of rotatable bonds is 5. The number of methoxy groups -OCH3 is 1. The Morgan fingerprint density at radius 1 is 1.06 bits per heavy atom. The number of nitrogens with one attached hydrogen (secondary N) is 1. The number of ether oxygens (including phenoxy) is 1. The number of aryl methyl sites for hydroxylation is 1. The second kappa shape index (κ2) is 8.00. The topological polar surface area (TPSA) is 103 Å². The lowest BCUT2D eigenvalue weighted by Gasteiger charge is -2.13. The van der Waals surface area contributed by atoms with Crippen LogP contribution in [0.25, 0.3) is 16.8 Å². The van der Waals surface area contributed by atoms with Crippen molar-refractivity contribution >= 4 is 21.4 Å². The van der Waals surface area contributed by atoms with Crippen LogP contribution in [-0.2, 0) is 10.0 Å². The molecule has 0 saturated heterocycles. The molecule has 0 amide bonds. The number of nitrogens with zero attached hydrogens (tertiary/aromatic N) is 3. The Bertz CT molecular complexity index is 1520. The van der Waals surface area contributed by atoms with Gasteiger partial charge in [-0.25, -0.2) is 27.2 Å². The number of aromatic nitrogens is 3. The molecular weight excluding hydrogens is 442 g/mol. The average molecular weight is 458 g/mol.